The van der Waals surface area contributed by atoms with E-state index in [2.05, 4.69) is 14.9 Å². The summed E-state index contributed by atoms with van der Waals surface area (Å²) in [5.41, 5.74) is 1.25. The molecule has 0 fully saturated rings. The molecule has 0 saturated heterocycles. The molecule has 0 aromatic carbocycles. The number of pyridine rings is 1. The smallest absolute Gasteiger partial charge is 0.185 e. The van der Waals surface area contributed by atoms with Crippen molar-refractivity contribution in [3.63, 3.8) is 0 Å². The number of thiazole rings is 1. The fraction of sp³-hybridized carbons (Fsp3) is 0.308. The van der Waals surface area contributed by atoms with Gasteiger partial charge < -0.3 is 4.90 Å². The quantitative estimate of drug-likeness (QED) is 0.775. The van der Waals surface area contributed by atoms with Gasteiger partial charge in [0.2, 0.25) is 0 Å². The summed E-state index contributed by atoms with van der Waals surface area (Å²) < 4.78 is 0. The Kier molecular flexibility index (Phi) is 4.04. The normalized spacial score (nSPS) is 10.3. The largest absolute Gasteiger partial charge is 0.351 e. The van der Waals surface area contributed by atoms with Crippen LogP contribution < -0.4 is 4.90 Å². The Morgan fingerprint density at radius 2 is 2.11 bits per heavy atom. The van der Waals surface area contributed by atoms with Crippen molar-refractivity contribution in [1.82, 2.24) is 9.97 Å². The molecule has 5 heteroatoms. The summed E-state index contributed by atoms with van der Waals surface area (Å²) >= 11 is 1.44. The van der Waals surface area contributed by atoms with Crippen LogP contribution in [0.2, 0.25) is 0 Å². The second-order valence-electron chi connectivity index (χ2n) is 4.09. The first-order valence-corrected chi connectivity index (χ1v) is 6.55. The molecule has 2 rings (SSSR count). The van der Waals surface area contributed by atoms with Gasteiger partial charge in [0.25, 0.3) is 0 Å². The summed E-state index contributed by atoms with van der Waals surface area (Å²) in [7, 11) is 1.99. The molecule has 0 unspecified atom stereocenters. The molecule has 0 aliphatic rings. The molecule has 0 N–H and O–H groups in total. The lowest BCUT2D eigenvalue weighted by atomic mass is 10.2. The maximum Gasteiger partial charge on any atom is 0.185 e. The highest BCUT2D eigenvalue weighted by molar-refractivity contribution is 7.17. The molecule has 0 atom stereocenters. The molecule has 2 heterocycles. The highest BCUT2D eigenvalue weighted by Crippen LogP contribution is 2.21. The van der Waals surface area contributed by atoms with E-state index in [9.17, 15) is 4.79 Å². The number of anilines is 1. The van der Waals surface area contributed by atoms with E-state index >= 15 is 0 Å². The van der Waals surface area contributed by atoms with Gasteiger partial charge in [-0.3, -0.25) is 9.78 Å². The lowest BCUT2D eigenvalue weighted by Crippen LogP contribution is -2.19. The Hall–Kier alpha value is -1.75. The molecule has 0 saturated carbocycles. The van der Waals surface area contributed by atoms with E-state index in [0.29, 0.717) is 4.88 Å². The minimum Gasteiger partial charge on any atom is -0.351 e. The van der Waals surface area contributed by atoms with Crippen LogP contribution in [0.25, 0.3) is 0 Å². The van der Waals surface area contributed by atoms with Crippen molar-refractivity contribution < 1.29 is 4.79 Å². The molecule has 4 nitrogen and oxygen atoms in total. The maximum absolute atomic E-state index is 11.2. The van der Waals surface area contributed by atoms with E-state index in [-0.39, 0.29) is 5.78 Å². The standard InChI is InChI=1S/C13H15N3OS/c1-10(17)12-9-15-13(18-12)16(2)8-5-11-3-6-14-7-4-11/h3-4,6-7,9H,5,8H2,1-2H3. The van der Waals surface area contributed by atoms with E-state index in [1.54, 1.807) is 25.5 Å². The molecule has 0 bridgehead atoms. The zero-order valence-electron chi connectivity index (χ0n) is 10.5. The van der Waals surface area contributed by atoms with E-state index in [0.717, 1.165) is 18.1 Å². The van der Waals surface area contributed by atoms with Crippen molar-refractivity contribution >= 4 is 22.3 Å². The number of Topliss-reactive ketones (excluding diaryl/α,β-unsaturated/α-hetero) is 1. The Balaban J connectivity index is 1.95. The average Bonchev–Trinajstić information content (AvgIpc) is 2.87. The van der Waals surface area contributed by atoms with Gasteiger partial charge in [-0.15, -0.1) is 0 Å². The van der Waals surface area contributed by atoms with Crippen molar-refractivity contribution in [3.8, 4) is 0 Å². The fourth-order valence-corrected chi connectivity index (χ4v) is 2.34. The van der Waals surface area contributed by atoms with Crippen LogP contribution >= 0.6 is 11.3 Å². The van der Waals surface area contributed by atoms with Gasteiger partial charge in [-0.25, -0.2) is 4.98 Å². The third-order valence-electron chi connectivity index (χ3n) is 2.65. The summed E-state index contributed by atoms with van der Waals surface area (Å²) in [5.74, 6) is 0.0706. The van der Waals surface area contributed by atoms with Gasteiger partial charge in [0.05, 0.1) is 11.1 Å². The molecule has 94 valence electrons. The first-order chi connectivity index (χ1) is 8.66. The van der Waals surface area contributed by atoms with Gasteiger partial charge in [0, 0.05) is 32.9 Å². The molecule has 0 aliphatic heterocycles. The SMILES string of the molecule is CC(=O)c1cnc(N(C)CCc2ccncc2)s1. The van der Waals surface area contributed by atoms with E-state index < -0.39 is 0 Å². The molecule has 0 amide bonds. The number of likely N-dealkylation sites (N-methyl/N-ethyl adjacent to an activating group) is 1. The summed E-state index contributed by atoms with van der Waals surface area (Å²) in [6.45, 7) is 2.43. The molecule has 0 radical (unpaired) electrons. The van der Waals surface area contributed by atoms with Gasteiger partial charge >= 0.3 is 0 Å². The zero-order chi connectivity index (χ0) is 13.0. The molecule has 0 aliphatic carbocycles. The van der Waals surface area contributed by atoms with Gasteiger partial charge in [-0.2, -0.15) is 0 Å². The monoisotopic (exact) mass is 261 g/mol. The second-order valence-corrected chi connectivity index (χ2v) is 5.10. The number of ketones is 1. The number of hydrogen-bond acceptors (Lipinski definition) is 5. The van der Waals surface area contributed by atoms with E-state index in [1.165, 1.54) is 16.9 Å². The van der Waals surface area contributed by atoms with Crippen molar-refractivity contribution in [2.75, 3.05) is 18.5 Å². The minimum absolute atomic E-state index is 0.0706. The summed E-state index contributed by atoms with van der Waals surface area (Å²) in [5, 5.41) is 0.884. The average molecular weight is 261 g/mol. The molecule has 2 aromatic heterocycles. The van der Waals surface area contributed by atoms with Crippen molar-refractivity contribution in [3.05, 3.63) is 41.2 Å². The number of aromatic nitrogens is 2. The lowest BCUT2D eigenvalue weighted by Gasteiger charge is -2.15. The van der Waals surface area contributed by atoms with E-state index in [1.807, 2.05) is 19.2 Å². The van der Waals surface area contributed by atoms with Crippen LogP contribution in [0.5, 0.6) is 0 Å². The third kappa shape index (κ3) is 3.13. The van der Waals surface area contributed by atoms with Crippen LogP contribution in [0.3, 0.4) is 0 Å². The van der Waals surface area contributed by atoms with Gasteiger partial charge in [-0.05, 0) is 24.1 Å². The number of carbonyl (C=O) groups excluding carboxylic acids is 1. The van der Waals surface area contributed by atoms with Crippen LogP contribution in [-0.2, 0) is 6.42 Å². The lowest BCUT2D eigenvalue weighted by molar-refractivity contribution is 0.102. The number of carbonyl (C=O) groups is 1. The highest BCUT2D eigenvalue weighted by atomic mass is 32.1. The maximum atomic E-state index is 11.2. The predicted octanol–water partition coefficient (Wildman–Crippen LogP) is 2.42. The van der Waals surface area contributed by atoms with E-state index in [4.69, 9.17) is 0 Å². The number of rotatable bonds is 5. The van der Waals surface area contributed by atoms with Crippen LogP contribution in [-0.4, -0.2) is 29.3 Å². The number of hydrogen-bond donors (Lipinski definition) is 0. The fourth-order valence-electron chi connectivity index (χ4n) is 1.55. The summed E-state index contributed by atoms with van der Waals surface area (Å²) in [6, 6.07) is 4.02. The Morgan fingerprint density at radius 1 is 1.39 bits per heavy atom. The molecular weight excluding hydrogens is 246 g/mol. The Morgan fingerprint density at radius 3 is 2.72 bits per heavy atom. The minimum atomic E-state index is 0.0706. The predicted molar refractivity (Wildman–Crippen MR) is 73.3 cm³/mol. The molecule has 2 aromatic rings. The van der Waals surface area contributed by atoms with Crippen molar-refractivity contribution in [2.45, 2.75) is 13.3 Å². The molecule has 0 spiro atoms. The van der Waals surface area contributed by atoms with Crippen molar-refractivity contribution in [1.29, 1.82) is 0 Å². The van der Waals surface area contributed by atoms with Crippen LogP contribution in [0.4, 0.5) is 5.13 Å². The Labute approximate surface area is 110 Å². The first kappa shape index (κ1) is 12.7. The van der Waals surface area contributed by atoms with Crippen molar-refractivity contribution in [2.24, 2.45) is 0 Å². The zero-order valence-corrected chi connectivity index (χ0v) is 11.3. The topological polar surface area (TPSA) is 46.1 Å². The third-order valence-corrected chi connectivity index (χ3v) is 3.86. The molecule has 18 heavy (non-hydrogen) atoms. The van der Waals surface area contributed by atoms with Crippen LogP contribution in [0.15, 0.2) is 30.7 Å². The van der Waals surface area contributed by atoms with Crippen LogP contribution in [0, 0.1) is 0 Å². The van der Waals surface area contributed by atoms with Gasteiger partial charge in [0.1, 0.15) is 0 Å². The Bertz CT molecular complexity index is 524. The second kappa shape index (κ2) is 5.73. The summed E-state index contributed by atoms with van der Waals surface area (Å²) in [6.07, 6.45) is 6.18. The summed E-state index contributed by atoms with van der Waals surface area (Å²) in [4.78, 5) is 22.2. The highest BCUT2D eigenvalue weighted by Gasteiger charge is 2.09. The number of nitrogens with zero attached hydrogens (tertiary/aromatic N) is 3. The van der Waals surface area contributed by atoms with Gasteiger partial charge in [0.15, 0.2) is 10.9 Å². The molecular formula is C13H15N3OS. The first-order valence-electron chi connectivity index (χ1n) is 5.73. The van der Waals surface area contributed by atoms with Gasteiger partial charge in [-0.1, -0.05) is 11.3 Å². The van der Waals surface area contributed by atoms with Crippen LogP contribution in [0.1, 0.15) is 22.2 Å².